The molecule has 3 rings (SSSR count). The molecule has 0 aliphatic carbocycles. The Bertz CT molecular complexity index is 828. The second-order valence-electron chi connectivity index (χ2n) is 5.63. The monoisotopic (exact) mass is 341 g/mol. The van der Waals surface area contributed by atoms with Gasteiger partial charge in [0.15, 0.2) is 5.11 Å². The Morgan fingerprint density at radius 1 is 0.917 bits per heavy atom. The lowest BCUT2D eigenvalue weighted by Crippen LogP contribution is -2.37. The van der Waals surface area contributed by atoms with Gasteiger partial charge in [-0.05, 0) is 48.3 Å². The lowest BCUT2D eigenvalue weighted by molar-refractivity contribution is 0.607. The van der Waals surface area contributed by atoms with Crippen molar-refractivity contribution < 1.29 is 4.39 Å². The summed E-state index contributed by atoms with van der Waals surface area (Å²) < 4.78 is 13.5. The zero-order valence-corrected chi connectivity index (χ0v) is 14.1. The molecule has 0 unspecified atom stereocenters. The van der Waals surface area contributed by atoms with Crippen molar-refractivity contribution in [2.45, 2.75) is 12.8 Å². The van der Waals surface area contributed by atoms with Gasteiger partial charge in [-0.25, -0.2) is 4.39 Å². The van der Waals surface area contributed by atoms with Gasteiger partial charge < -0.3 is 15.6 Å². The molecule has 0 atom stereocenters. The summed E-state index contributed by atoms with van der Waals surface area (Å²) >= 11 is 5.27. The Hall–Kier alpha value is -2.40. The van der Waals surface area contributed by atoms with E-state index in [2.05, 4.69) is 27.8 Å². The van der Waals surface area contributed by atoms with Crippen LogP contribution in [0.4, 0.5) is 4.39 Å². The molecule has 0 spiro atoms. The summed E-state index contributed by atoms with van der Waals surface area (Å²) in [7, 11) is 0. The van der Waals surface area contributed by atoms with Crippen LogP contribution in [0, 0.1) is 5.82 Å². The number of rotatable bonds is 6. The smallest absolute Gasteiger partial charge is 0.166 e. The molecule has 0 saturated carbocycles. The molecule has 3 aromatic rings. The van der Waals surface area contributed by atoms with Gasteiger partial charge in [-0.3, -0.25) is 0 Å². The van der Waals surface area contributed by atoms with Crippen LogP contribution in [0.1, 0.15) is 11.1 Å². The average Bonchev–Trinajstić information content (AvgIpc) is 3.00. The van der Waals surface area contributed by atoms with E-state index in [-0.39, 0.29) is 5.82 Å². The number of para-hydroxylation sites is 1. The van der Waals surface area contributed by atoms with Gasteiger partial charge in [-0.2, -0.15) is 0 Å². The number of aromatic amines is 1. The van der Waals surface area contributed by atoms with E-state index in [4.69, 9.17) is 12.2 Å². The van der Waals surface area contributed by atoms with E-state index >= 15 is 0 Å². The summed E-state index contributed by atoms with van der Waals surface area (Å²) in [6.45, 7) is 1.37. The van der Waals surface area contributed by atoms with E-state index in [1.54, 1.807) is 12.1 Å². The highest BCUT2D eigenvalue weighted by Crippen LogP contribution is 2.17. The molecular weight excluding hydrogens is 321 g/mol. The van der Waals surface area contributed by atoms with E-state index in [0.29, 0.717) is 23.6 Å². The van der Waals surface area contributed by atoms with Crippen LogP contribution in [0.15, 0.2) is 54.7 Å². The van der Waals surface area contributed by atoms with Crippen molar-refractivity contribution in [1.29, 1.82) is 0 Å². The number of hydrogen-bond acceptors (Lipinski definition) is 1. The van der Waals surface area contributed by atoms with E-state index in [1.165, 1.54) is 17.0 Å². The highest BCUT2D eigenvalue weighted by molar-refractivity contribution is 7.80. The van der Waals surface area contributed by atoms with E-state index in [1.807, 2.05) is 24.4 Å². The van der Waals surface area contributed by atoms with Gasteiger partial charge >= 0.3 is 0 Å². The van der Waals surface area contributed by atoms with Gasteiger partial charge in [0, 0.05) is 30.2 Å². The quantitative estimate of drug-likeness (QED) is 0.601. The van der Waals surface area contributed by atoms with Crippen molar-refractivity contribution in [3.63, 3.8) is 0 Å². The fraction of sp³-hybridized carbons (Fsp3) is 0.211. The molecule has 0 radical (unpaired) electrons. The summed E-state index contributed by atoms with van der Waals surface area (Å²) in [4.78, 5) is 3.27. The number of thiocarbonyl (C=S) groups is 1. The minimum Gasteiger partial charge on any atom is -0.362 e. The van der Waals surface area contributed by atoms with Crippen LogP contribution < -0.4 is 10.6 Å². The molecule has 0 fully saturated rings. The minimum atomic E-state index is -0.169. The van der Waals surface area contributed by atoms with Gasteiger partial charge in [-0.1, -0.05) is 36.4 Å². The highest BCUT2D eigenvalue weighted by Gasteiger charge is 2.04. The molecule has 3 N–H and O–H groups in total. The highest BCUT2D eigenvalue weighted by atomic mass is 32.1. The van der Waals surface area contributed by atoms with Crippen LogP contribution in [-0.2, 0) is 12.8 Å². The van der Waals surface area contributed by atoms with Crippen LogP contribution in [0.5, 0.6) is 0 Å². The number of benzene rings is 2. The first-order valence-corrected chi connectivity index (χ1v) is 8.45. The number of nitrogens with one attached hydrogen (secondary N) is 3. The maximum atomic E-state index is 13.5. The maximum absolute atomic E-state index is 13.5. The van der Waals surface area contributed by atoms with Crippen LogP contribution in [0.3, 0.4) is 0 Å². The van der Waals surface area contributed by atoms with Crippen molar-refractivity contribution in [3.05, 3.63) is 71.7 Å². The van der Waals surface area contributed by atoms with Crippen molar-refractivity contribution in [2.75, 3.05) is 13.1 Å². The Balaban J connectivity index is 1.41. The third-order valence-electron chi connectivity index (χ3n) is 3.99. The first kappa shape index (κ1) is 16.5. The summed E-state index contributed by atoms with van der Waals surface area (Å²) in [6.07, 6.45) is 3.54. The largest absolute Gasteiger partial charge is 0.362 e. The molecule has 5 heteroatoms. The molecule has 1 heterocycles. The molecule has 124 valence electrons. The predicted molar refractivity (Wildman–Crippen MR) is 101 cm³/mol. The van der Waals surface area contributed by atoms with Gasteiger partial charge in [0.25, 0.3) is 0 Å². The van der Waals surface area contributed by atoms with Gasteiger partial charge in [-0.15, -0.1) is 0 Å². The molecule has 3 nitrogen and oxygen atoms in total. The molecule has 0 saturated heterocycles. The lowest BCUT2D eigenvalue weighted by atomic mass is 10.1. The topological polar surface area (TPSA) is 39.8 Å². The first-order chi connectivity index (χ1) is 11.7. The normalized spacial score (nSPS) is 10.7. The van der Waals surface area contributed by atoms with Crippen molar-refractivity contribution in [3.8, 4) is 0 Å². The predicted octanol–water partition coefficient (Wildman–Crippen LogP) is 3.56. The minimum absolute atomic E-state index is 0.169. The van der Waals surface area contributed by atoms with E-state index in [0.717, 1.165) is 18.5 Å². The Labute approximate surface area is 146 Å². The SMILES string of the molecule is Fc1ccccc1CCNC(=S)NCCc1c[nH]c2ccccc12. The number of aromatic nitrogens is 1. The zero-order valence-electron chi connectivity index (χ0n) is 13.3. The fourth-order valence-corrected chi connectivity index (χ4v) is 2.93. The van der Waals surface area contributed by atoms with Gasteiger partial charge in [0.05, 0.1) is 0 Å². The van der Waals surface area contributed by atoms with Crippen molar-refractivity contribution in [1.82, 2.24) is 15.6 Å². The van der Waals surface area contributed by atoms with Crippen LogP contribution in [0.2, 0.25) is 0 Å². The second kappa shape index (κ2) is 7.93. The third-order valence-corrected chi connectivity index (χ3v) is 4.28. The van der Waals surface area contributed by atoms with E-state index < -0.39 is 0 Å². The molecule has 0 amide bonds. The molecule has 0 bridgehead atoms. The Kier molecular flexibility index (Phi) is 5.43. The van der Waals surface area contributed by atoms with Crippen LogP contribution in [0.25, 0.3) is 10.9 Å². The summed E-state index contributed by atoms with van der Waals surface area (Å²) in [6, 6.07) is 15.1. The molecule has 2 aromatic carbocycles. The summed E-state index contributed by atoms with van der Waals surface area (Å²) in [5.74, 6) is -0.169. The number of fused-ring (bicyclic) bond motifs is 1. The molecule has 24 heavy (non-hydrogen) atoms. The van der Waals surface area contributed by atoms with Gasteiger partial charge in [0.1, 0.15) is 5.82 Å². The number of halogens is 1. The van der Waals surface area contributed by atoms with E-state index in [9.17, 15) is 4.39 Å². The number of H-pyrrole nitrogens is 1. The average molecular weight is 341 g/mol. The van der Waals surface area contributed by atoms with Crippen LogP contribution in [-0.4, -0.2) is 23.2 Å². The fourth-order valence-electron chi connectivity index (χ4n) is 2.72. The summed E-state index contributed by atoms with van der Waals surface area (Å²) in [5.41, 5.74) is 3.12. The zero-order chi connectivity index (χ0) is 16.8. The lowest BCUT2D eigenvalue weighted by Gasteiger charge is -2.10. The third kappa shape index (κ3) is 4.11. The van der Waals surface area contributed by atoms with Gasteiger partial charge in [0.2, 0.25) is 0 Å². The van der Waals surface area contributed by atoms with Crippen LogP contribution >= 0.6 is 12.2 Å². The standard InChI is InChI=1S/C19H20FN3S/c20-17-7-3-1-5-14(17)9-11-21-19(24)22-12-10-15-13-23-18-8-4-2-6-16(15)18/h1-8,13,23H,9-12H2,(H2,21,22,24). The number of hydrogen-bond donors (Lipinski definition) is 3. The molecule has 0 aliphatic heterocycles. The van der Waals surface area contributed by atoms with Crippen molar-refractivity contribution in [2.24, 2.45) is 0 Å². The molecule has 1 aromatic heterocycles. The second-order valence-corrected chi connectivity index (χ2v) is 6.04. The Morgan fingerprint density at radius 2 is 1.58 bits per heavy atom. The molecule has 0 aliphatic rings. The molecular formula is C19H20FN3S. The summed E-state index contributed by atoms with van der Waals surface area (Å²) in [5, 5.41) is 8.17. The Morgan fingerprint density at radius 3 is 2.38 bits per heavy atom. The first-order valence-electron chi connectivity index (χ1n) is 8.04. The van der Waals surface area contributed by atoms with Crippen molar-refractivity contribution >= 4 is 28.2 Å². The maximum Gasteiger partial charge on any atom is 0.166 e.